The molecule has 3 aromatic carbocycles. The van der Waals surface area contributed by atoms with Crippen LogP contribution in [0.4, 0.5) is 4.39 Å². The summed E-state index contributed by atoms with van der Waals surface area (Å²) in [6.45, 7) is 0. The normalized spacial score (nSPS) is 11.5. The predicted octanol–water partition coefficient (Wildman–Crippen LogP) is 5.06. The van der Waals surface area contributed by atoms with Crippen molar-refractivity contribution in [1.29, 1.82) is 0 Å². The van der Waals surface area contributed by atoms with Gasteiger partial charge in [0.15, 0.2) is 9.84 Å². The molecule has 0 saturated carbocycles. The molecule has 0 fully saturated rings. The van der Waals surface area contributed by atoms with Crippen LogP contribution >= 0.6 is 0 Å². The fourth-order valence-corrected chi connectivity index (χ4v) is 3.91. The first-order chi connectivity index (χ1) is 13.8. The van der Waals surface area contributed by atoms with Gasteiger partial charge in [-0.25, -0.2) is 12.8 Å². The fraction of sp³-hybridized carbons (Fsp3) is 0.0435. The van der Waals surface area contributed by atoms with Gasteiger partial charge < -0.3 is 5.11 Å². The number of sulfone groups is 1. The number of nitrogens with zero attached hydrogens (tertiary/aromatic N) is 1. The number of aromatic nitrogens is 1. The Labute approximate surface area is 168 Å². The van der Waals surface area contributed by atoms with Gasteiger partial charge in [-0.3, -0.25) is 4.57 Å². The van der Waals surface area contributed by atoms with E-state index in [9.17, 15) is 17.9 Å². The van der Waals surface area contributed by atoms with E-state index in [-0.39, 0.29) is 16.6 Å². The van der Waals surface area contributed by atoms with Crippen LogP contribution in [0.15, 0.2) is 90.0 Å². The van der Waals surface area contributed by atoms with Crippen molar-refractivity contribution in [3.8, 4) is 33.8 Å². The quantitative estimate of drug-likeness (QED) is 0.514. The summed E-state index contributed by atoms with van der Waals surface area (Å²) in [5.74, 6) is -0.342. The highest BCUT2D eigenvalue weighted by Gasteiger charge is 2.19. The van der Waals surface area contributed by atoms with Crippen molar-refractivity contribution in [2.24, 2.45) is 0 Å². The molecule has 4 rings (SSSR count). The lowest BCUT2D eigenvalue weighted by atomic mass is 9.99. The van der Waals surface area contributed by atoms with Crippen LogP contribution in [-0.2, 0) is 9.84 Å². The van der Waals surface area contributed by atoms with Crippen molar-refractivity contribution < 1.29 is 17.9 Å². The van der Waals surface area contributed by atoms with Crippen LogP contribution in [0.2, 0.25) is 0 Å². The van der Waals surface area contributed by atoms with Crippen molar-refractivity contribution in [1.82, 2.24) is 4.57 Å². The van der Waals surface area contributed by atoms with Gasteiger partial charge in [-0.15, -0.1) is 0 Å². The van der Waals surface area contributed by atoms with Crippen LogP contribution in [0, 0.1) is 5.82 Å². The van der Waals surface area contributed by atoms with E-state index in [4.69, 9.17) is 0 Å². The topological polar surface area (TPSA) is 59.3 Å². The molecule has 4 aromatic rings. The third-order valence-electron chi connectivity index (χ3n) is 4.74. The van der Waals surface area contributed by atoms with E-state index in [2.05, 4.69) is 0 Å². The summed E-state index contributed by atoms with van der Waals surface area (Å²) < 4.78 is 38.4. The maximum atomic E-state index is 13.3. The molecule has 1 N–H and O–H groups in total. The Morgan fingerprint density at radius 1 is 0.828 bits per heavy atom. The maximum Gasteiger partial charge on any atom is 0.204 e. The first kappa shape index (κ1) is 19.0. The van der Waals surface area contributed by atoms with Gasteiger partial charge in [-0.1, -0.05) is 42.5 Å². The van der Waals surface area contributed by atoms with Crippen LogP contribution < -0.4 is 0 Å². The number of hydrogen-bond donors (Lipinski definition) is 1. The highest BCUT2D eigenvalue weighted by atomic mass is 32.2. The van der Waals surface area contributed by atoms with Crippen LogP contribution in [0.3, 0.4) is 0 Å². The molecule has 0 radical (unpaired) electrons. The second-order valence-electron chi connectivity index (χ2n) is 6.75. The van der Waals surface area contributed by atoms with Crippen LogP contribution in [-0.4, -0.2) is 24.3 Å². The van der Waals surface area contributed by atoms with Crippen molar-refractivity contribution in [3.63, 3.8) is 0 Å². The lowest BCUT2D eigenvalue weighted by molar-refractivity contribution is 0.444. The highest BCUT2D eigenvalue weighted by molar-refractivity contribution is 7.90. The Hall–Kier alpha value is -3.38. The SMILES string of the molecule is CS(=O)(=O)c1ccc(-c2cn(-c3ccc(F)cc3)c(O)c2-c2ccccc2)cc1. The molecule has 0 aliphatic heterocycles. The molecule has 0 bridgehead atoms. The largest absolute Gasteiger partial charge is 0.494 e. The molecule has 6 heteroatoms. The number of hydrogen-bond acceptors (Lipinski definition) is 3. The average molecular weight is 407 g/mol. The minimum Gasteiger partial charge on any atom is -0.494 e. The second kappa shape index (κ2) is 7.22. The molecule has 0 amide bonds. The standard InChI is InChI=1S/C23H18FNO3S/c1-29(27,28)20-13-7-16(8-14-20)21-15-25(19-11-9-18(24)10-12-19)23(26)22(21)17-5-3-2-4-6-17/h2-15,26H,1H3. The third-order valence-corrected chi connectivity index (χ3v) is 5.87. The summed E-state index contributed by atoms with van der Waals surface area (Å²) in [6, 6.07) is 21.8. The van der Waals surface area contributed by atoms with E-state index < -0.39 is 9.84 Å². The van der Waals surface area contributed by atoms with E-state index in [0.29, 0.717) is 11.3 Å². The predicted molar refractivity (Wildman–Crippen MR) is 111 cm³/mol. The van der Waals surface area contributed by atoms with Gasteiger partial charge in [0, 0.05) is 23.7 Å². The summed E-state index contributed by atoms with van der Waals surface area (Å²) in [5.41, 5.74) is 3.53. The summed E-state index contributed by atoms with van der Waals surface area (Å²) in [5, 5.41) is 11.0. The van der Waals surface area contributed by atoms with Gasteiger partial charge >= 0.3 is 0 Å². The van der Waals surface area contributed by atoms with Crippen molar-refractivity contribution >= 4 is 9.84 Å². The smallest absolute Gasteiger partial charge is 0.204 e. The Bertz CT molecular complexity index is 1260. The molecule has 0 unspecified atom stereocenters. The Kier molecular flexibility index (Phi) is 4.72. The van der Waals surface area contributed by atoms with Gasteiger partial charge in [0.25, 0.3) is 0 Å². The van der Waals surface area contributed by atoms with E-state index >= 15 is 0 Å². The Balaban J connectivity index is 1.93. The first-order valence-electron chi connectivity index (χ1n) is 8.91. The number of aromatic hydroxyl groups is 1. The monoisotopic (exact) mass is 407 g/mol. The van der Waals surface area contributed by atoms with Crippen LogP contribution in [0.1, 0.15) is 0 Å². The molecule has 0 spiro atoms. The van der Waals surface area contributed by atoms with Gasteiger partial charge in [-0.2, -0.15) is 0 Å². The van der Waals surface area contributed by atoms with Crippen LogP contribution in [0.5, 0.6) is 5.88 Å². The molecule has 0 aliphatic carbocycles. The van der Waals surface area contributed by atoms with Gasteiger partial charge in [0.2, 0.25) is 5.88 Å². The van der Waals surface area contributed by atoms with E-state index in [0.717, 1.165) is 22.9 Å². The number of halogens is 1. The summed E-state index contributed by atoms with van der Waals surface area (Å²) in [6.07, 6.45) is 2.93. The zero-order valence-corrected chi connectivity index (χ0v) is 16.4. The third kappa shape index (κ3) is 3.67. The lowest BCUT2D eigenvalue weighted by Crippen LogP contribution is -1.96. The van der Waals surface area contributed by atoms with Gasteiger partial charge in [0.1, 0.15) is 5.82 Å². The first-order valence-corrected chi connectivity index (χ1v) is 10.8. The van der Waals surface area contributed by atoms with Crippen LogP contribution in [0.25, 0.3) is 27.9 Å². The molecule has 0 aliphatic rings. The number of rotatable bonds is 4. The maximum absolute atomic E-state index is 13.3. The molecule has 0 saturated heterocycles. The average Bonchev–Trinajstić information content (AvgIpc) is 3.06. The highest BCUT2D eigenvalue weighted by Crippen LogP contribution is 2.42. The molecule has 146 valence electrons. The lowest BCUT2D eigenvalue weighted by Gasteiger charge is -2.07. The molecule has 1 aromatic heterocycles. The van der Waals surface area contributed by atoms with E-state index in [1.807, 2.05) is 30.3 Å². The van der Waals surface area contributed by atoms with E-state index in [1.165, 1.54) is 12.1 Å². The molecule has 29 heavy (non-hydrogen) atoms. The molecule has 0 atom stereocenters. The van der Waals surface area contributed by atoms with Crippen molar-refractivity contribution in [2.45, 2.75) is 4.90 Å². The molecule has 4 nitrogen and oxygen atoms in total. The molecule has 1 heterocycles. The van der Waals surface area contributed by atoms with E-state index in [1.54, 1.807) is 47.2 Å². The minimum atomic E-state index is -3.30. The van der Waals surface area contributed by atoms with Gasteiger partial charge in [0.05, 0.1) is 10.5 Å². The Morgan fingerprint density at radius 3 is 2.03 bits per heavy atom. The summed E-state index contributed by atoms with van der Waals surface area (Å²) in [4.78, 5) is 0.227. The Morgan fingerprint density at radius 2 is 1.45 bits per heavy atom. The number of benzene rings is 3. The second-order valence-corrected chi connectivity index (χ2v) is 8.77. The fourth-order valence-electron chi connectivity index (χ4n) is 3.28. The summed E-state index contributed by atoms with van der Waals surface area (Å²) in [7, 11) is -3.30. The van der Waals surface area contributed by atoms with Crippen molar-refractivity contribution in [2.75, 3.05) is 6.26 Å². The zero-order valence-electron chi connectivity index (χ0n) is 15.6. The minimum absolute atomic E-state index is 0.0185. The van der Waals surface area contributed by atoms with Gasteiger partial charge in [-0.05, 0) is 47.5 Å². The zero-order chi connectivity index (χ0) is 20.6. The molecular weight excluding hydrogens is 389 g/mol. The summed E-state index contributed by atoms with van der Waals surface area (Å²) >= 11 is 0. The van der Waals surface area contributed by atoms with Crippen molar-refractivity contribution in [3.05, 3.63) is 90.9 Å². The molecular formula is C23H18FNO3S.